The molecule has 1 aliphatic heterocycles. The summed E-state index contributed by atoms with van der Waals surface area (Å²) in [7, 11) is 0. The molecular weight excluding hydrogens is 284 g/mol. The summed E-state index contributed by atoms with van der Waals surface area (Å²) in [5.74, 6) is -0.318. The number of aryl methyl sites for hydroxylation is 1. The van der Waals surface area contributed by atoms with E-state index in [0.717, 1.165) is 17.7 Å². The molecule has 0 saturated carbocycles. The first-order chi connectivity index (χ1) is 10.1. The Kier molecular flexibility index (Phi) is 4.96. The van der Waals surface area contributed by atoms with Gasteiger partial charge in [0.15, 0.2) is 5.11 Å². The number of rotatable bonds is 4. The highest BCUT2D eigenvalue weighted by Crippen LogP contribution is 2.27. The van der Waals surface area contributed by atoms with E-state index in [1.165, 1.54) is 5.56 Å². The van der Waals surface area contributed by atoms with Crippen molar-refractivity contribution in [3.8, 4) is 0 Å². The molecule has 1 unspecified atom stereocenters. The lowest BCUT2D eigenvalue weighted by atomic mass is 9.94. The molecule has 1 heterocycles. The lowest BCUT2D eigenvalue weighted by molar-refractivity contribution is -0.139. The fraction of sp³-hybridized carbons (Fsp3) is 0.375. The number of carbonyl (C=O) groups excluding carboxylic acids is 1. The van der Waals surface area contributed by atoms with Crippen molar-refractivity contribution in [2.75, 3.05) is 6.61 Å². The fourth-order valence-electron chi connectivity index (χ4n) is 2.37. The van der Waals surface area contributed by atoms with Gasteiger partial charge in [0.1, 0.15) is 0 Å². The van der Waals surface area contributed by atoms with Crippen LogP contribution in [0, 0.1) is 0 Å². The molecule has 4 nitrogen and oxygen atoms in total. The minimum atomic E-state index is -0.318. The Bertz CT molecular complexity index is 578. The van der Waals surface area contributed by atoms with Gasteiger partial charge in [0.25, 0.3) is 0 Å². The van der Waals surface area contributed by atoms with Gasteiger partial charge in [-0.05, 0) is 43.6 Å². The molecule has 0 aliphatic carbocycles. The second-order valence-corrected chi connectivity index (χ2v) is 5.29. The number of allylic oxidation sites excluding steroid dienone is 1. The summed E-state index contributed by atoms with van der Waals surface area (Å²) in [4.78, 5) is 12.2. The predicted molar refractivity (Wildman–Crippen MR) is 86.8 cm³/mol. The standard InChI is InChI=1S/C16H20N2O2S/c1-4-11-6-8-12(9-7-11)14-13(15(19)20-5-2)10(3)17-16(21)18-14/h6-9,14H,4-5H2,1-3H3,(H2,17,18,21). The lowest BCUT2D eigenvalue weighted by Crippen LogP contribution is -2.45. The van der Waals surface area contributed by atoms with E-state index in [9.17, 15) is 4.79 Å². The molecule has 0 saturated heterocycles. The molecule has 0 spiro atoms. The van der Waals surface area contributed by atoms with Crippen LogP contribution >= 0.6 is 12.2 Å². The number of benzene rings is 1. The number of hydrogen-bond acceptors (Lipinski definition) is 3. The molecule has 5 heteroatoms. The summed E-state index contributed by atoms with van der Waals surface area (Å²) in [6.07, 6.45) is 0.984. The van der Waals surface area contributed by atoms with Gasteiger partial charge in [-0.15, -0.1) is 0 Å². The zero-order valence-corrected chi connectivity index (χ0v) is 13.3. The van der Waals surface area contributed by atoms with E-state index in [1.807, 2.05) is 19.1 Å². The first-order valence-corrected chi connectivity index (χ1v) is 7.51. The zero-order chi connectivity index (χ0) is 15.4. The Morgan fingerprint density at radius 2 is 1.95 bits per heavy atom. The summed E-state index contributed by atoms with van der Waals surface area (Å²) >= 11 is 5.20. The van der Waals surface area contributed by atoms with Crippen LogP contribution in [0.5, 0.6) is 0 Å². The maximum Gasteiger partial charge on any atom is 0.338 e. The highest BCUT2D eigenvalue weighted by atomic mass is 32.1. The topological polar surface area (TPSA) is 50.4 Å². The van der Waals surface area contributed by atoms with Crippen LogP contribution in [0.3, 0.4) is 0 Å². The number of ether oxygens (including phenoxy) is 1. The molecule has 1 atom stereocenters. The third-order valence-electron chi connectivity index (χ3n) is 3.49. The Labute approximate surface area is 130 Å². The number of hydrogen-bond donors (Lipinski definition) is 2. The van der Waals surface area contributed by atoms with Gasteiger partial charge < -0.3 is 15.4 Å². The molecule has 2 rings (SSSR count). The smallest absolute Gasteiger partial charge is 0.338 e. The molecule has 1 aromatic carbocycles. The van der Waals surface area contributed by atoms with E-state index in [1.54, 1.807) is 6.92 Å². The van der Waals surface area contributed by atoms with Crippen LogP contribution in [0.2, 0.25) is 0 Å². The first-order valence-electron chi connectivity index (χ1n) is 7.11. The molecule has 0 bridgehead atoms. The second kappa shape index (κ2) is 6.72. The van der Waals surface area contributed by atoms with Crippen LogP contribution in [0.1, 0.15) is 37.9 Å². The van der Waals surface area contributed by atoms with Gasteiger partial charge in [-0.1, -0.05) is 31.2 Å². The minimum Gasteiger partial charge on any atom is -0.463 e. The molecule has 112 valence electrons. The van der Waals surface area contributed by atoms with Gasteiger partial charge >= 0.3 is 5.97 Å². The molecule has 0 radical (unpaired) electrons. The summed E-state index contributed by atoms with van der Waals surface area (Å²) in [5.41, 5.74) is 3.57. The van der Waals surface area contributed by atoms with E-state index >= 15 is 0 Å². The quantitative estimate of drug-likeness (QED) is 0.661. The van der Waals surface area contributed by atoms with Crippen molar-refractivity contribution in [1.82, 2.24) is 10.6 Å². The van der Waals surface area contributed by atoms with Gasteiger partial charge in [0.2, 0.25) is 0 Å². The number of thiocarbonyl (C=S) groups is 1. The molecule has 1 aliphatic rings. The van der Waals surface area contributed by atoms with Crippen molar-refractivity contribution in [3.63, 3.8) is 0 Å². The van der Waals surface area contributed by atoms with Gasteiger partial charge in [0.05, 0.1) is 18.2 Å². The molecule has 21 heavy (non-hydrogen) atoms. The van der Waals surface area contributed by atoms with Crippen molar-refractivity contribution in [2.45, 2.75) is 33.2 Å². The van der Waals surface area contributed by atoms with Crippen molar-refractivity contribution in [1.29, 1.82) is 0 Å². The van der Waals surface area contributed by atoms with Crippen LogP contribution in [-0.4, -0.2) is 17.7 Å². The molecule has 0 amide bonds. The predicted octanol–water partition coefficient (Wildman–Crippen LogP) is 2.60. The lowest BCUT2D eigenvalue weighted by Gasteiger charge is -2.29. The Hall–Kier alpha value is -1.88. The average Bonchev–Trinajstić information content (AvgIpc) is 2.46. The molecular formula is C16H20N2O2S. The maximum atomic E-state index is 12.2. The van der Waals surface area contributed by atoms with Crippen LogP contribution in [0.15, 0.2) is 35.5 Å². The van der Waals surface area contributed by atoms with E-state index in [2.05, 4.69) is 29.7 Å². The van der Waals surface area contributed by atoms with Gasteiger partial charge in [-0.2, -0.15) is 0 Å². The third-order valence-corrected chi connectivity index (χ3v) is 3.71. The minimum absolute atomic E-state index is 0.274. The molecule has 2 N–H and O–H groups in total. The van der Waals surface area contributed by atoms with Gasteiger partial charge in [-0.25, -0.2) is 4.79 Å². The van der Waals surface area contributed by atoms with E-state index in [0.29, 0.717) is 17.3 Å². The summed E-state index contributed by atoms with van der Waals surface area (Å²) < 4.78 is 5.16. The zero-order valence-electron chi connectivity index (χ0n) is 12.5. The maximum absolute atomic E-state index is 12.2. The van der Waals surface area contributed by atoms with Crippen LogP contribution in [0.25, 0.3) is 0 Å². The van der Waals surface area contributed by atoms with E-state index < -0.39 is 0 Å². The summed E-state index contributed by atoms with van der Waals surface area (Å²) in [6, 6.07) is 7.91. The van der Waals surface area contributed by atoms with Crippen molar-refractivity contribution in [2.24, 2.45) is 0 Å². The Morgan fingerprint density at radius 3 is 2.52 bits per heavy atom. The molecule has 0 fully saturated rings. The SMILES string of the molecule is CCOC(=O)C1=C(C)NC(=S)NC1c1ccc(CC)cc1. The van der Waals surface area contributed by atoms with Crippen molar-refractivity contribution < 1.29 is 9.53 Å². The summed E-state index contributed by atoms with van der Waals surface area (Å²) in [5, 5.41) is 6.66. The highest BCUT2D eigenvalue weighted by molar-refractivity contribution is 7.80. The Morgan fingerprint density at radius 1 is 1.29 bits per heavy atom. The number of carbonyl (C=O) groups is 1. The van der Waals surface area contributed by atoms with E-state index in [-0.39, 0.29) is 12.0 Å². The van der Waals surface area contributed by atoms with Crippen molar-refractivity contribution in [3.05, 3.63) is 46.7 Å². The molecule has 0 aromatic heterocycles. The van der Waals surface area contributed by atoms with E-state index in [4.69, 9.17) is 17.0 Å². The highest BCUT2D eigenvalue weighted by Gasteiger charge is 2.30. The largest absolute Gasteiger partial charge is 0.463 e. The second-order valence-electron chi connectivity index (χ2n) is 4.89. The van der Waals surface area contributed by atoms with Gasteiger partial charge in [0, 0.05) is 5.70 Å². The van der Waals surface area contributed by atoms with Crippen LogP contribution in [-0.2, 0) is 16.0 Å². The normalized spacial score (nSPS) is 18.0. The monoisotopic (exact) mass is 304 g/mol. The fourth-order valence-corrected chi connectivity index (χ4v) is 2.64. The molecule has 1 aromatic rings. The Balaban J connectivity index is 2.39. The van der Waals surface area contributed by atoms with Crippen LogP contribution in [0.4, 0.5) is 0 Å². The van der Waals surface area contributed by atoms with Gasteiger partial charge in [-0.3, -0.25) is 0 Å². The third kappa shape index (κ3) is 3.42. The number of esters is 1. The summed E-state index contributed by atoms with van der Waals surface area (Å²) in [6.45, 7) is 6.10. The number of nitrogens with one attached hydrogen (secondary N) is 2. The first kappa shape index (κ1) is 15.5. The van der Waals surface area contributed by atoms with Crippen LogP contribution < -0.4 is 10.6 Å². The average molecular weight is 304 g/mol. The van der Waals surface area contributed by atoms with Crippen molar-refractivity contribution >= 4 is 23.3 Å².